The fourth-order valence-corrected chi connectivity index (χ4v) is 1.25. The molecule has 0 aliphatic heterocycles. The standard InChI is InChI=1S/C10H8N4/c11-7-8-3-2-6-14(8)10-5-1-4-9(12)13-10/h1-6H,(H2,12,13). The van der Waals surface area contributed by atoms with Crippen molar-refractivity contribution in [1.82, 2.24) is 9.55 Å². The van der Waals surface area contributed by atoms with E-state index in [0.29, 0.717) is 17.3 Å². The van der Waals surface area contributed by atoms with Crippen LogP contribution in [0, 0.1) is 11.3 Å². The third-order valence-corrected chi connectivity index (χ3v) is 1.87. The first-order chi connectivity index (χ1) is 6.81. The van der Waals surface area contributed by atoms with Gasteiger partial charge in [-0.2, -0.15) is 5.26 Å². The smallest absolute Gasteiger partial charge is 0.140 e. The molecule has 0 saturated carbocycles. The van der Waals surface area contributed by atoms with E-state index in [1.807, 2.05) is 0 Å². The number of hydrogen-bond donors (Lipinski definition) is 1. The van der Waals surface area contributed by atoms with E-state index in [2.05, 4.69) is 11.1 Å². The minimum Gasteiger partial charge on any atom is -0.384 e. The molecule has 0 aliphatic carbocycles. The maximum Gasteiger partial charge on any atom is 0.140 e. The van der Waals surface area contributed by atoms with Gasteiger partial charge in [0.05, 0.1) is 0 Å². The highest BCUT2D eigenvalue weighted by Gasteiger charge is 2.02. The lowest BCUT2D eigenvalue weighted by Crippen LogP contribution is -2.00. The molecule has 0 radical (unpaired) electrons. The summed E-state index contributed by atoms with van der Waals surface area (Å²) in [5, 5.41) is 8.81. The molecule has 4 heteroatoms. The Bertz CT molecular complexity index is 493. The zero-order chi connectivity index (χ0) is 9.97. The Balaban J connectivity index is 2.56. The van der Waals surface area contributed by atoms with E-state index in [0.717, 1.165) is 0 Å². The van der Waals surface area contributed by atoms with Crippen LogP contribution >= 0.6 is 0 Å². The largest absolute Gasteiger partial charge is 0.384 e. The number of nitrogen functional groups attached to an aromatic ring is 1. The van der Waals surface area contributed by atoms with Gasteiger partial charge >= 0.3 is 0 Å². The van der Waals surface area contributed by atoms with Gasteiger partial charge in [-0.25, -0.2) is 4.98 Å². The second-order valence-corrected chi connectivity index (χ2v) is 2.80. The molecular weight excluding hydrogens is 176 g/mol. The SMILES string of the molecule is N#Cc1cccn1-c1cccc(N)n1. The van der Waals surface area contributed by atoms with Gasteiger partial charge in [0.25, 0.3) is 0 Å². The Morgan fingerprint density at radius 1 is 1.29 bits per heavy atom. The van der Waals surface area contributed by atoms with Crippen molar-refractivity contribution in [2.75, 3.05) is 5.73 Å². The van der Waals surface area contributed by atoms with Crippen LogP contribution in [0.2, 0.25) is 0 Å². The molecule has 68 valence electrons. The van der Waals surface area contributed by atoms with Crippen molar-refractivity contribution < 1.29 is 0 Å². The van der Waals surface area contributed by atoms with Crippen LogP contribution in [-0.2, 0) is 0 Å². The lowest BCUT2D eigenvalue weighted by atomic mass is 10.4. The van der Waals surface area contributed by atoms with E-state index in [1.54, 1.807) is 41.1 Å². The second-order valence-electron chi connectivity index (χ2n) is 2.80. The minimum absolute atomic E-state index is 0.445. The van der Waals surface area contributed by atoms with Crippen LogP contribution in [0.4, 0.5) is 5.82 Å². The van der Waals surface area contributed by atoms with Crippen molar-refractivity contribution >= 4 is 5.82 Å². The van der Waals surface area contributed by atoms with Gasteiger partial charge in [-0.05, 0) is 24.3 Å². The summed E-state index contributed by atoms with van der Waals surface area (Å²) in [6.07, 6.45) is 1.78. The molecule has 0 fully saturated rings. The first-order valence-electron chi connectivity index (χ1n) is 4.11. The summed E-state index contributed by atoms with van der Waals surface area (Å²) in [5.41, 5.74) is 6.09. The molecule has 2 N–H and O–H groups in total. The molecular formula is C10H8N4. The van der Waals surface area contributed by atoms with E-state index in [9.17, 15) is 0 Å². The fraction of sp³-hybridized carbons (Fsp3) is 0. The lowest BCUT2D eigenvalue weighted by Gasteiger charge is -2.03. The molecule has 14 heavy (non-hydrogen) atoms. The average molecular weight is 184 g/mol. The van der Waals surface area contributed by atoms with E-state index in [1.165, 1.54) is 0 Å². The van der Waals surface area contributed by atoms with Crippen molar-refractivity contribution in [3.05, 3.63) is 42.2 Å². The van der Waals surface area contributed by atoms with Gasteiger partial charge in [-0.3, -0.25) is 4.57 Å². The van der Waals surface area contributed by atoms with Crippen LogP contribution in [0.5, 0.6) is 0 Å². The van der Waals surface area contributed by atoms with E-state index < -0.39 is 0 Å². The predicted octanol–water partition coefficient (Wildman–Crippen LogP) is 1.33. The van der Waals surface area contributed by atoms with Gasteiger partial charge in [0.1, 0.15) is 23.4 Å². The molecule has 0 aromatic carbocycles. The highest BCUT2D eigenvalue weighted by molar-refractivity contribution is 5.39. The van der Waals surface area contributed by atoms with Crippen LogP contribution in [0.1, 0.15) is 5.69 Å². The van der Waals surface area contributed by atoms with Crippen LogP contribution in [0.15, 0.2) is 36.5 Å². The summed E-state index contributed by atoms with van der Waals surface area (Å²) in [5.74, 6) is 1.10. The number of nitrogens with two attached hydrogens (primary N) is 1. The van der Waals surface area contributed by atoms with E-state index >= 15 is 0 Å². The molecule has 0 aliphatic rings. The Morgan fingerprint density at radius 3 is 2.86 bits per heavy atom. The number of hydrogen-bond acceptors (Lipinski definition) is 3. The molecule has 2 aromatic heterocycles. The summed E-state index contributed by atoms with van der Waals surface area (Å²) in [6.45, 7) is 0. The highest BCUT2D eigenvalue weighted by Crippen LogP contribution is 2.10. The summed E-state index contributed by atoms with van der Waals surface area (Å²) >= 11 is 0. The van der Waals surface area contributed by atoms with Gasteiger partial charge in [0.2, 0.25) is 0 Å². The van der Waals surface area contributed by atoms with Crippen molar-refractivity contribution in [3.63, 3.8) is 0 Å². The van der Waals surface area contributed by atoms with Gasteiger partial charge in [0.15, 0.2) is 0 Å². The van der Waals surface area contributed by atoms with Gasteiger partial charge in [0, 0.05) is 6.20 Å². The van der Waals surface area contributed by atoms with Crippen molar-refractivity contribution in [2.24, 2.45) is 0 Å². The van der Waals surface area contributed by atoms with Gasteiger partial charge in [-0.1, -0.05) is 6.07 Å². The topological polar surface area (TPSA) is 67.6 Å². The van der Waals surface area contributed by atoms with E-state index in [-0.39, 0.29) is 0 Å². The van der Waals surface area contributed by atoms with E-state index in [4.69, 9.17) is 11.0 Å². The van der Waals surface area contributed by atoms with Gasteiger partial charge in [-0.15, -0.1) is 0 Å². The number of aromatic nitrogens is 2. The Hall–Kier alpha value is -2.28. The number of anilines is 1. The summed E-state index contributed by atoms with van der Waals surface area (Å²) in [6, 6.07) is 10.9. The third kappa shape index (κ3) is 1.31. The van der Waals surface area contributed by atoms with Crippen molar-refractivity contribution in [3.8, 4) is 11.9 Å². The fourth-order valence-electron chi connectivity index (χ4n) is 1.25. The number of nitrogens with zero attached hydrogens (tertiary/aromatic N) is 3. The highest BCUT2D eigenvalue weighted by atomic mass is 15.1. The Labute approximate surface area is 81.2 Å². The maximum absolute atomic E-state index is 8.81. The number of nitriles is 1. The number of rotatable bonds is 1. The predicted molar refractivity (Wildman–Crippen MR) is 52.7 cm³/mol. The first kappa shape index (κ1) is 8.32. The van der Waals surface area contributed by atoms with Crippen LogP contribution in [-0.4, -0.2) is 9.55 Å². The van der Waals surface area contributed by atoms with Crippen LogP contribution < -0.4 is 5.73 Å². The average Bonchev–Trinajstić information content (AvgIpc) is 2.65. The maximum atomic E-state index is 8.81. The molecule has 0 unspecified atom stereocenters. The molecule has 0 saturated heterocycles. The van der Waals surface area contributed by atoms with Crippen molar-refractivity contribution in [1.29, 1.82) is 5.26 Å². The molecule has 0 atom stereocenters. The Morgan fingerprint density at radius 2 is 2.14 bits per heavy atom. The number of pyridine rings is 1. The van der Waals surface area contributed by atoms with Crippen LogP contribution in [0.3, 0.4) is 0 Å². The molecule has 0 spiro atoms. The molecule has 0 bridgehead atoms. The Kier molecular flexibility index (Phi) is 1.92. The molecule has 2 heterocycles. The molecule has 2 aromatic rings. The molecule has 0 amide bonds. The van der Waals surface area contributed by atoms with Gasteiger partial charge < -0.3 is 5.73 Å². The van der Waals surface area contributed by atoms with Crippen molar-refractivity contribution in [2.45, 2.75) is 0 Å². The summed E-state index contributed by atoms with van der Waals surface area (Å²) in [7, 11) is 0. The molecule has 4 nitrogen and oxygen atoms in total. The summed E-state index contributed by atoms with van der Waals surface area (Å²) < 4.78 is 1.69. The van der Waals surface area contributed by atoms with Crippen LogP contribution in [0.25, 0.3) is 5.82 Å². The normalized spacial score (nSPS) is 9.64. The lowest BCUT2D eigenvalue weighted by molar-refractivity contribution is 0.992. The zero-order valence-corrected chi connectivity index (χ0v) is 7.38. The third-order valence-electron chi connectivity index (χ3n) is 1.87. The zero-order valence-electron chi connectivity index (χ0n) is 7.38. The first-order valence-corrected chi connectivity index (χ1v) is 4.11. The quantitative estimate of drug-likeness (QED) is 0.726. The minimum atomic E-state index is 0.445. The monoisotopic (exact) mass is 184 g/mol. The summed E-state index contributed by atoms with van der Waals surface area (Å²) in [4.78, 5) is 4.11. The molecule has 2 rings (SSSR count). The second kappa shape index (κ2) is 3.23.